The normalized spacial score (nSPS) is 17.6. The average Bonchev–Trinajstić information content (AvgIpc) is 2.63. The van der Waals surface area contributed by atoms with Gasteiger partial charge in [0.2, 0.25) is 0 Å². The van der Waals surface area contributed by atoms with Crippen LogP contribution in [0.1, 0.15) is 36.1 Å². The zero-order chi connectivity index (χ0) is 12.7. The van der Waals surface area contributed by atoms with Gasteiger partial charge in [-0.25, -0.2) is 0 Å². The number of rotatable bonds is 1. The minimum absolute atomic E-state index is 0.203. The Bertz CT molecular complexity index is 489. The Morgan fingerprint density at radius 3 is 2.47 bits per heavy atom. The number of ether oxygens (including phenoxy) is 2. The van der Waals surface area contributed by atoms with E-state index < -0.39 is 0 Å². The third kappa shape index (κ3) is 1.90. The van der Waals surface area contributed by atoms with Crippen LogP contribution in [0.4, 0.5) is 0 Å². The van der Waals surface area contributed by atoms with Gasteiger partial charge in [-0.05, 0) is 38.8 Å². The van der Waals surface area contributed by atoms with Gasteiger partial charge in [0.25, 0.3) is 0 Å². The van der Waals surface area contributed by atoms with Gasteiger partial charge in [0, 0.05) is 24.5 Å². The summed E-state index contributed by atoms with van der Waals surface area (Å²) in [7, 11) is 0. The van der Waals surface area contributed by atoms with E-state index in [1.165, 1.54) is 18.1 Å². The van der Waals surface area contributed by atoms with Gasteiger partial charge in [-0.1, -0.05) is 0 Å². The molecule has 1 heterocycles. The number of benzene rings is 1. The van der Waals surface area contributed by atoms with Crippen molar-refractivity contribution in [2.45, 2.75) is 47.1 Å². The van der Waals surface area contributed by atoms with Crippen molar-refractivity contribution in [3.05, 3.63) is 22.3 Å². The van der Waals surface area contributed by atoms with Gasteiger partial charge in [0.1, 0.15) is 17.6 Å². The van der Waals surface area contributed by atoms with E-state index in [1.807, 2.05) is 13.8 Å². The van der Waals surface area contributed by atoms with E-state index in [-0.39, 0.29) is 12.1 Å². The highest BCUT2D eigenvalue weighted by atomic mass is 16.5. The molecule has 1 aromatic rings. The van der Waals surface area contributed by atoms with Crippen LogP contribution < -0.4 is 9.47 Å². The van der Waals surface area contributed by atoms with Crippen molar-refractivity contribution in [3.63, 3.8) is 0 Å². The molecule has 0 fully saturated rings. The summed E-state index contributed by atoms with van der Waals surface area (Å²) in [4.78, 5) is 11.1. The van der Waals surface area contributed by atoms with Crippen LogP contribution in [-0.2, 0) is 11.2 Å². The van der Waals surface area contributed by atoms with E-state index >= 15 is 0 Å². The Morgan fingerprint density at radius 2 is 1.88 bits per heavy atom. The maximum Gasteiger partial charge on any atom is 0.308 e. The molecular weight excluding hydrogens is 216 g/mol. The van der Waals surface area contributed by atoms with Crippen LogP contribution in [-0.4, -0.2) is 12.1 Å². The Hall–Kier alpha value is -1.51. The molecule has 0 amide bonds. The van der Waals surface area contributed by atoms with Crippen molar-refractivity contribution in [1.29, 1.82) is 0 Å². The van der Waals surface area contributed by atoms with Gasteiger partial charge >= 0.3 is 5.97 Å². The third-order valence-corrected chi connectivity index (χ3v) is 3.37. The summed E-state index contributed by atoms with van der Waals surface area (Å²) >= 11 is 0. The number of hydrogen-bond donors (Lipinski definition) is 0. The molecule has 3 heteroatoms. The maximum absolute atomic E-state index is 11.1. The van der Waals surface area contributed by atoms with Crippen LogP contribution in [0.5, 0.6) is 11.5 Å². The van der Waals surface area contributed by atoms with Gasteiger partial charge in [-0.3, -0.25) is 4.79 Å². The van der Waals surface area contributed by atoms with E-state index in [2.05, 4.69) is 13.8 Å². The Balaban J connectivity index is 2.60. The second kappa shape index (κ2) is 4.06. The lowest BCUT2D eigenvalue weighted by Crippen LogP contribution is -2.07. The van der Waals surface area contributed by atoms with Crippen LogP contribution in [0.2, 0.25) is 0 Å². The van der Waals surface area contributed by atoms with Crippen LogP contribution in [0.15, 0.2) is 0 Å². The topological polar surface area (TPSA) is 35.5 Å². The molecule has 0 bridgehead atoms. The molecule has 0 N–H and O–H groups in total. The molecule has 0 aliphatic carbocycles. The number of hydrogen-bond acceptors (Lipinski definition) is 3. The molecule has 0 saturated heterocycles. The SMILES string of the molecule is CC(=O)Oc1c(C)c(C)c2c(c1C)OC(C)C2. The molecule has 3 nitrogen and oxygen atoms in total. The van der Waals surface area contributed by atoms with E-state index in [4.69, 9.17) is 9.47 Å². The second-order valence-corrected chi connectivity index (χ2v) is 4.74. The predicted molar refractivity (Wildman–Crippen MR) is 65.8 cm³/mol. The van der Waals surface area contributed by atoms with E-state index in [0.29, 0.717) is 5.75 Å². The Labute approximate surface area is 102 Å². The van der Waals surface area contributed by atoms with Gasteiger partial charge < -0.3 is 9.47 Å². The highest BCUT2D eigenvalue weighted by Crippen LogP contribution is 2.42. The highest BCUT2D eigenvalue weighted by molar-refractivity contribution is 5.72. The number of esters is 1. The minimum Gasteiger partial charge on any atom is -0.490 e. The molecule has 0 spiro atoms. The zero-order valence-corrected chi connectivity index (χ0v) is 11.0. The molecular formula is C14H18O3. The highest BCUT2D eigenvalue weighted by Gasteiger charge is 2.27. The van der Waals surface area contributed by atoms with Crippen molar-refractivity contribution < 1.29 is 14.3 Å². The first-order valence-corrected chi connectivity index (χ1v) is 5.89. The van der Waals surface area contributed by atoms with Crippen molar-refractivity contribution in [2.24, 2.45) is 0 Å². The summed E-state index contributed by atoms with van der Waals surface area (Å²) in [6.45, 7) is 9.47. The fraction of sp³-hybridized carbons (Fsp3) is 0.500. The quantitative estimate of drug-likeness (QED) is 0.553. The van der Waals surface area contributed by atoms with Crippen molar-refractivity contribution in [3.8, 4) is 11.5 Å². The summed E-state index contributed by atoms with van der Waals surface area (Å²) < 4.78 is 11.1. The largest absolute Gasteiger partial charge is 0.490 e. The molecule has 0 saturated carbocycles. The summed E-state index contributed by atoms with van der Waals surface area (Å²) in [5, 5.41) is 0. The molecule has 0 aromatic heterocycles. The molecule has 1 aromatic carbocycles. The summed E-state index contributed by atoms with van der Waals surface area (Å²) in [5.74, 6) is 1.27. The molecule has 17 heavy (non-hydrogen) atoms. The molecule has 1 aliphatic heterocycles. The number of fused-ring (bicyclic) bond motifs is 1. The smallest absolute Gasteiger partial charge is 0.308 e. The molecule has 0 radical (unpaired) electrons. The lowest BCUT2D eigenvalue weighted by molar-refractivity contribution is -0.131. The first-order chi connectivity index (χ1) is 7.91. The first-order valence-electron chi connectivity index (χ1n) is 5.89. The fourth-order valence-electron chi connectivity index (χ4n) is 2.41. The van der Waals surface area contributed by atoms with Crippen LogP contribution in [0, 0.1) is 20.8 Å². The molecule has 92 valence electrons. The predicted octanol–water partition coefficient (Wildman–Crippen LogP) is 2.86. The van der Waals surface area contributed by atoms with Gasteiger partial charge in [0.05, 0.1) is 0 Å². The fourth-order valence-corrected chi connectivity index (χ4v) is 2.41. The van der Waals surface area contributed by atoms with Gasteiger partial charge in [-0.2, -0.15) is 0 Å². The lowest BCUT2D eigenvalue weighted by atomic mass is 9.96. The van der Waals surface area contributed by atoms with E-state index in [1.54, 1.807) is 0 Å². The average molecular weight is 234 g/mol. The summed E-state index contributed by atoms with van der Waals surface area (Å²) in [6, 6.07) is 0. The summed E-state index contributed by atoms with van der Waals surface area (Å²) in [6.07, 6.45) is 1.14. The van der Waals surface area contributed by atoms with Gasteiger partial charge in [0.15, 0.2) is 0 Å². The standard InChI is InChI=1S/C14H18O3/c1-7-6-12-8(2)9(3)13(17-11(5)15)10(4)14(12)16-7/h7H,6H2,1-5H3. The molecule has 1 aliphatic rings. The number of carbonyl (C=O) groups is 1. The van der Waals surface area contributed by atoms with Gasteiger partial charge in [-0.15, -0.1) is 0 Å². The maximum atomic E-state index is 11.1. The Morgan fingerprint density at radius 1 is 1.24 bits per heavy atom. The minimum atomic E-state index is -0.290. The van der Waals surface area contributed by atoms with Crippen molar-refractivity contribution in [2.75, 3.05) is 0 Å². The zero-order valence-electron chi connectivity index (χ0n) is 11.0. The van der Waals surface area contributed by atoms with Crippen molar-refractivity contribution >= 4 is 5.97 Å². The first kappa shape index (κ1) is 12.0. The monoisotopic (exact) mass is 234 g/mol. The molecule has 1 unspecified atom stereocenters. The number of carbonyl (C=O) groups excluding carboxylic acids is 1. The van der Waals surface area contributed by atoms with E-state index in [0.717, 1.165) is 23.3 Å². The summed E-state index contributed by atoms with van der Waals surface area (Å²) in [5.41, 5.74) is 4.39. The molecule has 1 atom stereocenters. The lowest BCUT2D eigenvalue weighted by Gasteiger charge is -2.16. The van der Waals surface area contributed by atoms with Crippen LogP contribution in [0.25, 0.3) is 0 Å². The Kier molecular flexibility index (Phi) is 2.86. The third-order valence-electron chi connectivity index (χ3n) is 3.37. The van der Waals surface area contributed by atoms with Crippen molar-refractivity contribution in [1.82, 2.24) is 0 Å². The molecule has 2 rings (SSSR count). The van der Waals surface area contributed by atoms with Crippen LogP contribution in [0.3, 0.4) is 0 Å². The van der Waals surface area contributed by atoms with Crippen LogP contribution >= 0.6 is 0 Å². The second-order valence-electron chi connectivity index (χ2n) is 4.74. The van der Waals surface area contributed by atoms with E-state index in [9.17, 15) is 4.79 Å².